The van der Waals surface area contributed by atoms with Crippen LogP contribution in [0.25, 0.3) is 27.5 Å². The van der Waals surface area contributed by atoms with Crippen LogP contribution in [-0.4, -0.2) is 44.7 Å². The zero-order valence-electron chi connectivity index (χ0n) is 23.9. The number of hydrogen-bond acceptors (Lipinski definition) is 6. The Labute approximate surface area is 258 Å². The number of methoxy groups -OCH3 is 1. The monoisotopic (exact) mass is 601 g/mol. The van der Waals surface area contributed by atoms with Crippen LogP contribution in [0.2, 0.25) is 5.02 Å². The van der Waals surface area contributed by atoms with Crippen LogP contribution in [0.15, 0.2) is 113 Å². The summed E-state index contributed by atoms with van der Waals surface area (Å²) < 4.78 is 7.09. The Kier molecular flexibility index (Phi) is 7.20. The molecule has 0 aliphatic carbocycles. The van der Waals surface area contributed by atoms with Gasteiger partial charge in [0, 0.05) is 34.6 Å². The van der Waals surface area contributed by atoms with E-state index in [1.54, 1.807) is 49.6 Å². The molecule has 218 valence electrons. The van der Waals surface area contributed by atoms with Crippen LogP contribution in [0.3, 0.4) is 0 Å². The molecule has 0 spiro atoms. The van der Waals surface area contributed by atoms with Gasteiger partial charge in [0.15, 0.2) is 5.78 Å². The van der Waals surface area contributed by atoms with Crippen LogP contribution in [0, 0.1) is 0 Å². The Hall–Kier alpha value is -5.21. The zero-order chi connectivity index (χ0) is 30.2. The molecule has 6 aromatic rings. The SMILES string of the molecule is COc1ccccc1C1=NN(CC(=O)Cc2nc3ccccc3c(=O)n2-c2ccccc2Cl)C(c2c[nH]c3ccccc23)C1. The van der Waals surface area contributed by atoms with Crippen molar-refractivity contribution in [2.24, 2.45) is 5.10 Å². The van der Waals surface area contributed by atoms with E-state index in [1.165, 1.54) is 4.57 Å². The highest BCUT2D eigenvalue weighted by Crippen LogP contribution is 2.38. The fourth-order valence-electron chi connectivity index (χ4n) is 5.98. The lowest BCUT2D eigenvalue weighted by Gasteiger charge is -2.23. The highest BCUT2D eigenvalue weighted by atomic mass is 35.5. The number of aromatic amines is 1. The quantitative estimate of drug-likeness (QED) is 0.215. The summed E-state index contributed by atoms with van der Waals surface area (Å²) in [6.07, 6.45) is 2.50. The van der Waals surface area contributed by atoms with Crippen molar-refractivity contribution in [2.75, 3.05) is 13.7 Å². The highest BCUT2D eigenvalue weighted by molar-refractivity contribution is 6.32. The van der Waals surface area contributed by atoms with Gasteiger partial charge in [0.25, 0.3) is 5.56 Å². The van der Waals surface area contributed by atoms with E-state index in [4.69, 9.17) is 26.4 Å². The van der Waals surface area contributed by atoms with E-state index in [2.05, 4.69) is 11.1 Å². The van der Waals surface area contributed by atoms with E-state index in [0.29, 0.717) is 33.9 Å². The van der Waals surface area contributed by atoms with Gasteiger partial charge in [-0.2, -0.15) is 5.10 Å². The summed E-state index contributed by atoms with van der Waals surface area (Å²) in [5.74, 6) is 0.910. The van der Waals surface area contributed by atoms with E-state index in [9.17, 15) is 9.59 Å². The number of Topliss-reactive ketones (excluding diaryl/α,β-unsaturated/α-hetero) is 1. The molecule has 4 aromatic carbocycles. The summed E-state index contributed by atoms with van der Waals surface area (Å²) in [4.78, 5) is 35.8. The van der Waals surface area contributed by atoms with E-state index < -0.39 is 0 Å². The van der Waals surface area contributed by atoms with Crippen LogP contribution in [0.4, 0.5) is 0 Å². The molecule has 0 saturated carbocycles. The number of benzene rings is 4. The molecule has 44 heavy (non-hydrogen) atoms. The average Bonchev–Trinajstić information content (AvgIpc) is 3.66. The van der Waals surface area contributed by atoms with Crippen LogP contribution in [-0.2, 0) is 11.2 Å². The molecule has 0 amide bonds. The van der Waals surface area contributed by atoms with Gasteiger partial charge < -0.3 is 9.72 Å². The first-order chi connectivity index (χ1) is 21.5. The number of halogens is 1. The standard InChI is InChI=1S/C35H28ClN5O3/c1-44-33-17-9-4-11-24(33)30-19-32(26-20-37-28-14-6-2-10-23(26)28)40(39-30)21-22(42)18-34-38-29-15-7-3-12-25(29)35(43)41(34)31-16-8-5-13-27(31)36/h2-17,20,32,37H,18-19,21H2,1H3. The number of carbonyl (C=O) groups excluding carboxylic acids is 1. The minimum absolute atomic E-state index is 0.0219. The van der Waals surface area contributed by atoms with Crippen LogP contribution < -0.4 is 10.3 Å². The number of hydrogen-bond donors (Lipinski definition) is 1. The number of ether oxygens (including phenoxy) is 1. The summed E-state index contributed by atoms with van der Waals surface area (Å²) in [7, 11) is 1.64. The molecule has 7 rings (SSSR count). The van der Waals surface area contributed by atoms with Crippen molar-refractivity contribution in [2.45, 2.75) is 18.9 Å². The van der Waals surface area contributed by atoms with Crippen molar-refractivity contribution in [1.29, 1.82) is 0 Å². The Morgan fingerprint density at radius 2 is 1.68 bits per heavy atom. The lowest BCUT2D eigenvalue weighted by atomic mass is 9.97. The third-order valence-corrected chi connectivity index (χ3v) is 8.35. The molecule has 8 nitrogen and oxygen atoms in total. The fraction of sp³-hybridized carbons (Fsp3) is 0.143. The van der Waals surface area contributed by atoms with Gasteiger partial charge >= 0.3 is 0 Å². The number of nitrogens with one attached hydrogen (secondary N) is 1. The van der Waals surface area contributed by atoms with Crippen molar-refractivity contribution < 1.29 is 9.53 Å². The number of fused-ring (bicyclic) bond motifs is 2. The van der Waals surface area contributed by atoms with Crippen LogP contribution in [0.5, 0.6) is 5.75 Å². The number of H-pyrrole nitrogens is 1. The average molecular weight is 602 g/mol. The van der Waals surface area contributed by atoms with E-state index in [1.807, 2.05) is 59.7 Å². The van der Waals surface area contributed by atoms with Gasteiger partial charge in [0.2, 0.25) is 0 Å². The van der Waals surface area contributed by atoms with Gasteiger partial charge in [-0.05, 0) is 42.5 Å². The fourth-order valence-corrected chi connectivity index (χ4v) is 6.20. The first-order valence-electron chi connectivity index (χ1n) is 14.3. The molecule has 9 heteroatoms. The second-order valence-corrected chi connectivity index (χ2v) is 11.1. The van der Waals surface area contributed by atoms with E-state index >= 15 is 0 Å². The number of aromatic nitrogens is 3. The highest BCUT2D eigenvalue weighted by Gasteiger charge is 2.33. The lowest BCUT2D eigenvalue weighted by Crippen LogP contribution is -2.30. The summed E-state index contributed by atoms with van der Waals surface area (Å²) in [6, 6.07) is 29.9. The smallest absolute Gasteiger partial charge is 0.266 e. The number of hydrazone groups is 1. The molecular weight excluding hydrogens is 574 g/mol. The topological polar surface area (TPSA) is 92.6 Å². The Balaban J connectivity index is 1.27. The summed E-state index contributed by atoms with van der Waals surface area (Å²) in [5, 5.41) is 8.75. The molecule has 1 unspecified atom stereocenters. The summed E-state index contributed by atoms with van der Waals surface area (Å²) >= 11 is 6.54. The van der Waals surface area contributed by atoms with Gasteiger partial charge in [-0.25, -0.2) is 4.98 Å². The summed E-state index contributed by atoms with van der Waals surface area (Å²) in [5.41, 5.74) is 4.52. The van der Waals surface area contributed by atoms with E-state index in [-0.39, 0.29) is 30.3 Å². The molecule has 0 radical (unpaired) electrons. The Bertz CT molecular complexity index is 2130. The number of nitrogens with zero attached hydrogens (tertiary/aromatic N) is 4. The van der Waals surface area contributed by atoms with Crippen LogP contribution in [0.1, 0.15) is 29.4 Å². The van der Waals surface area contributed by atoms with Crippen molar-refractivity contribution in [3.63, 3.8) is 0 Å². The first-order valence-corrected chi connectivity index (χ1v) is 14.7. The van der Waals surface area contributed by atoms with E-state index in [0.717, 1.165) is 33.5 Å². The molecule has 0 fully saturated rings. The zero-order valence-corrected chi connectivity index (χ0v) is 24.7. The maximum absolute atomic E-state index is 13.9. The molecule has 1 aliphatic heterocycles. The third-order valence-electron chi connectivity index (χ3n) is 8.03. The third kappa shape index (κ3) is 4.93. The predicted octanol–water partition coefficient (Wildman–Crippen LogP) is 6.49. The second-order valence-electron chi connectivity index (χ2n) is 10.7. The first kappa shape index (κ1) is 27.6. The van der Waals surface area contributed by atoms with Crippen molar-refractivity contribution >= 4 is 44.9 Å². The number of ketones is 1. The minimum atomic E-state index is -0.277. The number of carbonyl (C=O) groups is 1. The summed E-state index contributed by atoms with van der Waals surface area (Å²) in [6.45, 7) is 0.0219. The normalized spacial score (nSPS) is 14.7. The molecule has 2 aromatic heterocycles. The predicted molar refractivity (Wildman–Crippen MR) is 173 cm³/mol. The number of rotatable bonds is 8. The molecule has 0 bridgehead atoms. The van der Waals surface area contributed by atoms with Crippen LogP contribution >= 0.6 is 11.6 Å². The maximum atomic E-state index is 13.9. The molecule has 0 saturated heterocycles. The van der Waals surface area contributed by atoms with Gasteiger partial charge in [-0.15, -0.1) is 0 Å². The lowest BCUT2D eigenvalue weighted by molar-refractivity contribution is -0.120. The molecule has 3 heterocycles. The molecule has 1 N–H and O–H groups in total. The maximum Gasteiger partial charge on any atom is 0.266 e. The number of para-hydroxylation sites is 4. The van der Waals surface area contributed by atoms with Crippen molar-refractivity contribution in [3.8, 4) is 11.4 Å². The largest absolute Gasteiger partial charge is 0.496 e. The van der Waals surface area contributed by atoms with Crippen molar-refractivity contribution in [1.82, 2.24) is 19.5 Å². The Morgan fingerprint density at radius 1 is 0.955 bits per heavy atom. The van der Waals surface area contributed by atoms with Gasteiger partial charge in [0.1, 0.15) is 11.6 Å². The minimum Gasteiger partial charge on any atom is -0.496 e. The van der Waals surface area contributed by atoms with Gasteiger partial charge in [-0.3, -0.25) is 19.2 Å². The van der Waals surface area contributed by atoms with Gasteiger partial charge in [0.05, 0.1) is 53.4 Å². The molecule has 1 atom stereocenters. The Morgan fingerprint density at radius 3 is 2.52 bits per heavy atom. The molecule has 1 aliphatic rings. The molecular formula is C35H28ClN5O3. The van der Waals surface area contributed by atoms with Gasteiger partial charge in [-0.1, -0.05) is 66.2 Å². The van der Waals surface area contributed by atoms with Crippen molar-refractivity contribution in [3.05, 3.63) is 136 Å². The second kappa shape index (κ2) is 11.5.